The van der Waals surface area contributed by atoms with Gasteiger partial charge in [-0.2, -0.15) is 0 Å². The molecule has 1 aliphatic rings. The van der Waals surface area contributed by atoms with E-state index in [2.05, 4.69) is 37.4 Å². The maximum atomic E-state index is 4.31. The fourth-order valence-corrected chi connectivity index (χ4v) is 2.48. The van der Waals surface area contributed by atoms with E-state index in [1.807, 2.05) is 19.3 Å². The van der Waals surface area contributed by atoms with Crippen molar-refractivity contribution >= 4 is 15.9 Å². The summed E-state index contributed by atoms with van der Waals surface area (Å²) in [5.74, 6) is 0.607. The maximum Gasteiger partial charge on any atom is 0.106 e. The molecule has 0 aliphatic carbocycles. The Bertz CT molecular complexity index is 326. The average Bonchev–Trinajstić information content (AvgIpc) is 2.55. The van der Waals surface area contributed by atoms with E-state index in [1.165, 1.54) is 24.8 Å². The fourth-order valence-electron chi connectivity index (χ4n) is 2.25. The number of aromatic nitrogens is 1. The molecule has 0 amide bonds. The summed E-state index contributed by atoms with van der Waals surface area (Å²) in [4.78, 5) is 4.31. The Labute approximate surface area is 105 Å². The molecule has 1 saturated heterocycles. The molecule has 1 aromatic heterocycles. The fraction of sp³-hybridized carbons (Fsp3) is 0.583. The van der Waals surface area contributed by atoms with Gasteiger partial charge < -0.3 is 0 Å². The molecule has 3 nitrogen and oxygen atoms in total. The molecule has 1 fully saturated rings. The van der Waals surface area contributed by atoms with Gasteiger partial charge in [0.1, 0.15) is 4.60 Å². The standard InChI is InChI=1S/C12H18BrN3/c1-14-16-7-3-2-4-11(9-16)10-5-6-12(13)15-8-10/h5-6,8,11,14H,2-4,7,9H2,1H3/t11-/m1/s1. The van der Waals surface area contributed by atoms with Crippen molar-refractivity contribution in [3.8, 4) is 0 Å². The monoisotopic (exact) mass is 283 g/mol. The second kappa shape index (κ2) is 5.75. The maximum absolute atomic E-state index is 4.31. The minimum Gasteiger partial charge on any atom is -0.258 e. The van der Waals surface area contributed by atoms with Crippen molar-refractivity contribution in [2.45, 2.75) is 25.2 Å². The van der Waals surface area contributed by atoms with Gasteiger partial charge in [-0.25, -0.2) is 9.99 Å². The Balaban J connectivity index is 2.09. The largest absolute Gasteiger partial charge is 0.258 e. The molecule has 0 aromatic carbocycles. The molecule has 0 radical (unpaired) electrons. The molecule has 2 rings (SSSR count). The predicted molar refractivity (Wildman–Crippen MR) is 69.2 cm³/mol. The molecule has 0 bridgehead atoms. The van der Waals surface area contributed by atoms with E-state index in [4.69, 9.17) is 0 Å². The summed E-state index contributed by atoms with van der Waals surface area (Å²) in [7, 11) is 2.00. The number of halogens is 1. The Morgan fingerprint density at radius 1 is 1.44 bits per heavy atom. The van der Waals surface area contributed by atoms with Crippen LogP contribution in [0.4, 0.5) is 0 Å². The number of rotatable bonds is 2. The van der Waals surface area contributed by atoms with Gasteiger partial charge in [0.05, 0.1) is 0 Å². The van der Waals surface area contributed by atoms with Gasteiger partial charge in [-0.05, 0) is 53.4 Å². The van der Waals surface area contributed by atoms with Crippen LogP contribution in [0.5, 0.6) is 0 Å². The zero-order valence-corrected chi connectivity index (χ0v) is 11.2. The van der Waals surface area contributed by atoms with E-state index in [0.717, 1.165) is 17.7 Å². The summed E-state index contributed by atoms with van der Waals surface area (Å²) in [5.41, 5.74) is 4.61. The second-order valence-corrected chi connectivity index (χ2v) is 5.09. The number of hydrazine groups is 1. The van der Waals surface area contributed by atoms with Crippen LogP contribution >= 0.6 is 15.9 Å². The van der Waals surface area contributed by atoms with Gasteiger partial charge in [0, 0.05) is 19.3 Å². The summed E-state index contributed by atoms with van der Waals surface area (Å²) in [6, 6.07) is 4.21. The van der Waals surface area contributed by atoms with E-state index in [1.54, 1.807) is 0 Å². The molecule has 16 heavy (non-hydrogen) atoms. The number of nitrogens with one attached hydrogen (secondary N) is 1. The van der Waals surface area contributed by atoms with Crippen molar-refractivity contribution in [3.05, 3.63) is 28.5 Å². The zero-order valence-electron chi connectivity index (χ0n) is 9.62. The molecule has 4 heteroatoms. The zero-order chi connectivity index (χ0) is 11.4. The van der Waals surface area contributed by atoms with Crippen LogP contribution in [0.2, 0.25) is 0 Å². The van der Waals surface area contributed by atoms with Gasteiger partial charge in [0.15, 0.2) is 0 Å². The van der Waals surface area contributed by atoms with E-state index < -0.39 is 0 Å². The molecule has 2 heterocycles. The number of pyridine rings is 1. The van der Waals surface area contributed by atoms with Crippen LogP contribution in [0.3, 0.4) is 0 Å². The summed E-state index contributed by atoms with van der Waals surface area (Å²) < 4.78 is 0.912. The average molecular weight is 284 g/mol. The SMILES string of the molecule is CNN1CCCC[C@@H](c2ccc(Br)nc2)C1. The summed E-state index contributed by atoms with van der Waals surface area (Å²) in [6.45, 7) is 2.23. The van der Waals surface area contributed by atoms with Gasteiger partial charge in [0.25, 0.3) is 0 Å². The molecule has 1 atom stereocenters. The molecule has 1 aromatic rings. The molecular weight excluding hydrogens is 266 g/mol. The molecule has 1 aliphatic heterocycles. The smallest absolute Gasteiger partial charge is 0.106 e. The Morgan fingerprint density at radius 2 is 2.31 bits per heavy atom. The van der Waals surface area contributed by atoms with Crippen molar-refractivity contribution in [3.63, 3.8) is 0 Å². The first-order chi connectivity index (χ1) is 7.79. The quantitative estimate of drug-likeness (QED) is 0.846. The highest BCUT2D eigenvalue weighted by molar-refractivity contribution is 9.10. The second-order valence-electron chi connectivity index (χ2n) is 4.28. The van der Waals surface area contributed by atoms with Crippen molar-refractivity contribution in [2.24, 2.45) is 0 Å². The minimum atomic E-state index is 0.607. The lowest BCUT2D eigenvalue weighted by atomic mass is 9.96. The highest BCUT2D eigenvalue weighted by Gasteiger charge is 2.18. The molecule has 88 valence electrons. The Kier molecular flexibility index (Phi) is 4.32. The predicted octanol–water partition coefficient (Wildman–Crippen LogP) is 2.55. The first kappa shape index (κ1) is 12.0. The first-order valence-corrected chi connectivity index (χ1v) is 6.62. The Morgan fingerprint density at radius 3 is 3.00 bits per heavy atom. The lowest BCUT2D eigenvalue weighted by Gasteiger charge is -2.23. The van der Waals surface area contributed by atoms with E-state index >= 15 is 0 Å². The number of nitrogens with zero attached hydrogens (tertiary/aromatic N) is 2. The highest BCUT2D eigenvalue weighted by atomic mass is 79.9. The van der Waals surface area contributed by atoms with Crippen LogP contribution in [-0.2, 0) is 0 Å². The van der Waals surface area contributed by atoms with E-state index in [9.17, 15) is 0 Å². The third-order valence-corrected chi connectivity index (χ3v) is 3.68. The summed E-state index contributed by atoms with van der Waals surface area (Å²) >= 11 is 3.38. The lowest BCUT2D eigenvalue weighted by molar-refractivity contribution is 0.207. The topological polar surface area (TPSA) is 28.2 Å². The van der Waals surface area contributed by atoms with Crippen LogP contribution < -0.4 is 5.43 Å². The van der Waals surface area contributed by atoms with E-state index in [0.29, 0.717) is 5.92 Å². The highest BCUT2D eigenvalue weighted by Crippen LogP contribution is 2.25. The lowest BCUT2D eigenvalue weighted by Crippen LogP contribution is -2.37. The molecule has 0 unspecified atom stereocenters. The van der Waals surface area contributed by atoms with Gasteiger partial charge in [-0.15, -0.1) is 0 Å². The third kappa shape index (κ3) is 3.03. The molecule has 0 spiro atoms. The Hall–Kier alpha value is -0.450. The normalized spacial score (nSPS) is 23.0. The van der Waals surface area contributed by atoms with Gasteiger partial charge in [-0.1, -0.05) is 12.5 Å². The van der Waals surface area contributed by atoms with E-state index in [-0.39, 0.29) is 0 Å². The van der Waals surface area contributed by atoms with Gasteiger partial charge in [0.2, 0.25) is 0 Å². The van der Waals surface area contributed by atoms with Crippen LogP contribution in [0.15, 0.2) is 22.9 Å². The minimum absolute atomic E-state index is 0.607. The van der Waals surface area contributed by atoms with Crippen molar-refractivity contribution in [1.29, 1.82) is 0 Å². The first-order valence-electron chi connectivity index (χ1n) is 5.83. The van der Waals surface area contributed by atoms with Crippen molar-refractivity contribution in [2.75, 3.05) is 20.1 Å². The molecule has 1 N–H and O–H groups in total. The van der Waals surface area contributed by atoms with Gasteiger partial charge in [-0.3, -0.25) is 5.43 Å². The van der Waals surface area contributed by atoms with Crippen molar-refractivity contribution in [1.82, 2.24) is 15.4 Å². The van der Waals surface area contributed by atoms with Gasteiger partial charge >= 0.3 is 0 Å². The van der Waals surface area contributed by atoms with Crippen LogP contribution in [0, 0.1) is 0 Å². The summed E-state index contributed by atoms with van der Waals surface area (Å²) in [5, 5.41) is 2.31. The van der Waals surface area contributed by atoms with Crippen LogP contribution in [0.1, 0.15) is 30.7 Å². The van der Waals surface area contributed by atoms with Crippen molar-refractivity contribution < 1.29 is 0 Å². The number of hydrogen-bond acceptors (Lipinski definition) is 3. The number of hydrogen-bond donors (Lipinski definition) is 1. The summed E-state index contributed by atoms with van der Waals surface area (Å²) in [6.07, 6.45) is 5.84. The third-order valence-electron chi connectivity index (χ3n) is 3.21. The van der Waals surface area contributed by atoms with Crippen LogP contribution in [0.25, 0.3) is 0 Å². The molecule has 0 saturated carbocycles. The molecular formula is C12H18BrN3. The van der Waals surface area contributed by atoms with Crippen LogP contribution in [-0.4, -0.2) is 30.1 Å².